The lowest BCUT2D eigenvalue weighted by atomic mass is 9.98. The number of aryl methyl sites for hydroxylation is 1. The minimum absolute atomic E-state index is 0.139. The van der Waals surface area contributed by atoms with Crippen LogP contribution in [0.2, 0.25) is 0 Å². The SMILES string of the molecule is Cc1ncc(C(=O)NC2(C)COC2)cc1-c1ccc2cc(N)ncc2c1. The van der Waals surface area contributed by atoms with E-state index in [1.807, 2.05) is 44.2 Å². The molecule has 3 N–H and O–H groups in total. The molecule has 3 aromatic rings. The van der Waals surface area contributed by atoms with E-state index in [1.54, 1.807) is 12.4 Å². The van der Waals surface area contributed by atoms with Gasteiger partial charge >= 0.3 is 0 Å². The fraction of sp³-hybridized carbons (Fsp3) is 0.250. The van der Waals surface area contributed by atoms with Gasteiger partial charge < -0.3 is 15.8 Å². The first kappa shape index (κ1) is 16.5. The molecular weight excluding hydrogens is 328 g/mol. The maximum Gasteiger partial charge on any atom is 0.253 e. The first-order chi connectivity index (χ1) is 12.4. The fourth-order valence-electron chi connectivity index (χ4n) is 3.10. The van der Waals surface area contributed by atoms with Crippen molar-refractivity contribution in [3.63, 3.8) is 0 Å². The van der Waals surface area contributed by atoms with E-state index in [4.69, 9.17) is 10.5 Å². The standard InChI is InChI=1S/C20H20N4O2/c1-12-17(14-4-3-13-7-18(21)23-8-15(13)5-14)6-16(9-22-12)19(25)24-20(2)10-26-11-20/h3-9H,10-11H2,1-2H3,(H2,21,23)(H,24,25). The van der Waals surface area contributed by atoms with E-state index >= 15 is 0 Å². The summed E-state index contributed by atoms with van der Waals surface area (Å²) in [5.41, 5.74) is 8.76. The Bertz CT molecular complexity index is 1010. The van der Waals surface area contributed by atoms with Crippen LogP contribution < -0.4 is 11.1 Å². The van der Waals surface area contributed by atoms with Crippen molar-refractivity contribution in [2.75, 3.05) is 18.9 Å². The van der Waals surface area contributed by atoms with E-state index in [9.17, 15) is 4.79 Å². The smallest absolute Gasteiger partial charge is 0.253 e. The molecule has 0 unspecified atom stereocenters. The molecule has 0 radical (unpaired) electrons. The number of nitrogens with one attached hydrogen (secondary N) is 1. The number of hydrogen-bond acceptors (Lipinski definition) is 5. The van der Waals surface area contributed by atoms with Crippen molar-refractivity contribution in [2.24, 2.45) is 0 Å². The molecule has 1 aromatic carbocycles. The zero-order valence-electron chi connectivity index (χ0n) is 14.7. The molecular formula is C20H20N4O2. The number of nitrogen functional groups attached to an aromatic ring is 1. The largest absolute Gasteiger partial charge is 0.384 e. The Morgan fingerprint density at radius 3 is 2.69 bits per heavy atom. The zero-order valence-corrected chi connectivity index (χ0v) is 14.7. The average molecular weight is 348 g/mol. The number of pyridine rings is 2. The third-order valence-electron chi connectivity index (χ3n) is 4.66. The summed E-state index contributed by atoms with van der Waals surface area (Å²) in [6, 6.07) is 9.77. The minimum Gasteiger partial charge on any atom is -0.384 e. The third kappa shape index (κ3) is 2.99. The van der Waals surface area contributed by atoms with Gasteiger partial charge in [-0.1, -0.05) is 12.1 Å². The van der Waals surface area contributed by atoms with Crippen LogP contribution in [0.5, 0.6) is 0 Å². The number of nitrogens with zero attached hydrogens (tertiary/aromatic N) is 2. The van der Waals surface area contributed by atoms with Crippen LogP contribution in [0.25, 0.3) is 21.9 Å². The lowest BCUT2D eigenvalue weighted by Crippen LogP contribution is -2.59. The topological polar surface area (TPSA) is 90.1 Å². The van der Waals surface area contributed by atoms with Crippen molar-refractivity contribution in [1.82, 2.24) is 15.3 Å². The van der Waals surface area contributed by atoms with Gasteiger partial charge in [-0.25, -0.2) is 4.98 Å². The van der Waals surface area contributed by atoms with Crippen molar-refractivity contribution < 1.29 is 9.53 Å². The summed E-state index contributed by atoms with van der Waals surface area (Å²) in [7, 11) is 0. The maximum absolute atomic E-state index is 12.6. The Balaban J connectivity index is 1.70. The number of fused-ring (bicyclic) bond motifs is 1. The van der Waals surface area contributed by atoms with E-state index in [1.165, 1.54) is 0 Å². The molecule has 26 heavy (non-hydrogen) atoms. The van der Waals surface area contributed by atoms with Crippen LogP contribution in [0.1, 0.15) is 23.0 Å². The van der Waals surface area contributed by atoms with Crippen molar-refractivity contribution in [1.29, 1.82) is 0 Å². The van der Waals surface area contributed by atoms with Crippen molar-refractivity contribution >= 4 is 22.5 Å². The third-order valence-corrected chi connectivity index (χ3v) is 4.66. The predicted octanol–water partition coefficient (Wildman–Crippen LogP) is 2.71. The Labute approximate surface area is 151 Å². The number of nitrogens with two attached hydrogens (primary N) is 1. The Kier molecular flexibility index (Phi) is 3.85. The van der Waals surface area contributed by atoms with Gasteiger partial charge in [-0.3, -0.25) is 9.78 Å². The van der Waals surface area contributed by atoms with Crippen LogP contribution in [0, 0.1) is 6.92 Å². The van der Waals surface area contributed by atoms with Gasteiger partial charge in [-0.2, -0.15) is 0 Å². The number of carbonyl (C=O) groups excluding carboxylic acids is 1. The second-order valence-corrected chi connectivity index (χ2v) is 7.04. The van der Waals surface area contributed by atoms with Crippen LogP contribution >= 0.6 is 0 Å². The lowest BCUT2D eigenvalue weighted by molar-refractivity contribution is -0.0593. The van der Waals surface area contributed by atoms with Gasteiger partial charge in [0, 0.05) is 29.0 Å². The summed E-state index contributed by atoms with van der Waals surface area (Å²) in [4.78, 5) is 21.1. The van der Waals surface area contributed by atoms with Crippen LogP contribution in [-0.2, 0) is 4.74 Å². The number of hydrogen-bond donors (Lipinski definition) is 2. The predicted molar refractivity (Wildman–Crippen MR) is 101 cm³/mol. The number of ether oxygens (including phenoxy) is 1. The summed E-state index contributed by atoms with van der Waals surface area (Å²) in [5, 5.41) is 5.03. The zero-order chi connectivity index (χ0) is 18.3. The summed E-state index contributed by atoms with van der Waals surface area (Å²) >= 11 is 0. The fourth-order valence-corrected chi connectivity index (χ4v) is 3.10. The van der Waals surface area contributed by atoms with Gasteiger partial charge in [-0.05, 0) is 43.0 Å². The molecule has 1 amide bonds. The Hall–Kier alpha value is -2.99. The molecule has 3 heterocycles. The van der Waals surface area contributed by atoms with Crippen LogP contribution in [0.15, 0.2) is 42.7 Å². The highest BCUT2D eigenvalue weighted by molar-refractivity contribution is 5.96. The van der Waals surface area contributed by atoms with E-state index in [0.717, 1.165) is 27.6 Å². The number of rotatable bonds is 3. The molecule has 4 rings (SSSR count). The summed E-state index contributed by atoms with van der Waals surface area (Å²) in [6.45, 7) is 4.97. The molecule has 0 saturated carbocycles. The van der Waals surface area contributed by atoms with Gasteiger partial charge in [0.1, 0.15) is 5.82 Å². The number of amides is 1. The molecule has 6 heteroatoms. The van der Waals surface area contributed by atoms with E-state index < -0.39 is 0 Å². The number of aromatic nitrogens is 2. The number of carbonyl (C=O) groups is 1. The highest BCUT2D eigenvalue weighted by atomic mass is 16.5. The number of anilines is 1. The average Bonchev–Trinajstić information content (AvgIpc) is 2.60. The first-order valence-electron chi connectivity index (χ1n) is 8.46. The van der Waals surface area contributed by atoms with E-state index in [2.05, 4.69) is 15.3 Å². The molecule has 6 nitrogen and oxygen atoms in total. The van der Waals surface area contributed by atoms with Gasteiger partial charge in [0.15, 0.2) is 0 Å². The summed E-state index contributed by atoms with van der Waals surface area (Å²) < 4.78 is 5.19. The van der Waals surface area contributed by atoms with Crippen molar-refractivity contribution in [3.8, 4) is 11.1 Å². The second-order valence-electron chi connectivity index (χ2n) is 7.04. The molecule has 1 aliphatic heterocycles. The molecule has 0 bridgehead atoms. The molecule has 2 aromatic heterocycles. The lowest BCUT2D eigenvalue weighted by Gasteiger charge is -2.38. The van der Waals surface area contributed by atoms with Gasteiger partial charge in [0.25, 0.3) is 5.91 Å². The number of benzene rings is 1. The van der Waals surface area contributed by atoms with Crippen molar-refractivity contribution in [3.05, 3.63) is 54.0 Å². The Morgan fingerprint density at radius 1 is 1.15 bits per heavy atom. The molecule has 1 fully saturated rings. The maximum atomic E-state index is 12.6. The van der Waals surface area contributed by atoms with Gasteiger partial charge in [-0.15, -0.1) is 0 Å². The first-order valence-corrected chi connectivity index (χ1v) is 8.46. The molecule has 0 atom stereocenters. The quantitative estimate of drug-likeness (QED) is 0.759. The molecule has 132 valence electrons. The van der Waals surface area contributed by atoms with Crippen LogP contribution in [0.4, 0.5) is 5.82 Å². The van der Waals surface area contributed by atoms with Crippen molar-refractivity contribution in [2.45, 2.75) is 19.4 Å². The molecule has 1 saturated heterocycles. The Morgan fingerprint density at radius 2 is 1.96 bits per heavy atom. The molecule has 0 aliphatic carbocycles. The minimum atomic E-state index is -0.295. The van der Waals surface area contributed by atoms with Crippen LogP contribution in [0.3, 0.4) is 0 Å². The highest BCUT2D eigenvalue weighted by Crippen LogP contribution is 2.27. The monoisotopic (exact) mass is 348 g/mol. The van der Waals surface area contributed by atoms with E-state index in [0.29, 0.717) is 24.6 Å². The molecule has 1 aliphatic rings. The second kappa shape index (κ2) is 6.07. The van der Waals surface area contributed by atoms with E-state index in [-0.39, 0.29) is 11.4 Å². The highest BCUT2D eigenvalue weighted by Gasteiger charge is 2.35. The van der Waals surface area contributed by atoms with Gasteiger partial charge in [0.05, 0.1) is 24.3 Å². The summed E-state index contributed by atoms with van der Waals surface area (Å²) in [5.74, 6) is 0.356. The van der Waals surface area contributed by atoms with Gasteiger partial charge in [0.2, 0.25) is 0 Å². The summed E-state index contributed by atoms with van der Waals surface area (Å²) in [6.07, 6.45) is 3.37. The van der Waals surface area contributed by atoms with Crippen LogP contribution in [-0.4, -0.2) is 34.6 Å². The molecule has 0 spiro atoms. The normalized spacial score (nSPS) is 15.5.